The Hall–Kier alpha value is -2.97. The topological polar surface area (TPSA) is 90.4 Å². The minimum Gasteiger partial charge on any atom is -0.396 e. The molecule has 3 heterocycles. The van der Waals surface area contributed by atoms with Crippen LogP contribution in [0, 0.1) is 11.8 Å². The maximum absolute atomic E-state index is 14.4. The van der Waals surface area contributed by atoms with E-state index in [2.05, 4.69) is 20.1 Å². The van der Waals surface area contributed by atoms with Gasteiger partial charge in [-0.1, -0.05) is 56.5 Å². The Morgan fingerprint density at radius 2 is 1.76 bits per heavy atom. The van der Waals surface area contributed by atoms with Gasteiger partial charge in [0, 0.05) is 38.5 Å². The number of aliphatic hydroxyl groups is 1. The van der Waals surface area contributed by atoms with Crippen LogP contribution in [0.3, 0.4) is 0 Å². The minimum atomic E-state index is -1.05. The summed E-state index contributed by atoms with van der Waals surface area (Å²) in [6.45, 7) is 13.6. The second-order valence-electron chi connectivity index (χ2n) is 11.9. The number of aliphatic hydroxyl groups excluding tert-OH is 1. The summed E-state index contributed by atoms with van der Waals surface area (Å²) in [6.07, 6.45) is 9.51. The highest BCUT2D eigenvalue weighted by Gasteiger charge is 2.78. The van der Waals surface area contributed by atoms with Crippen molar-refractivity contribution in [2.75, 3.05) is 37.7 Å². The van der Waals surface area contributed by atoms with Crippen LogP contribution in [-0.4, -0.2) is 82.7 Å². The summed E-state index contributed by atoms with van der Waals surface area (Å²) >= 11 is 0. The fourth-order valence-corrected chi connectivity index (χ4v) is 7.27. The van der Waals surface area contributed by atoms with E-state index in [-0.39, 0.29) is 24.3 Å². The highest BCUT2D eigenvalue weighted by Crippen LogP contribution is 2.63. The van der Waals surface area contributed by atoms with Crippen LogP contribution in [0.2, 0.25) is 0 Å². The van der Waals surface area contributed by atoms with Gasteiger partial charge in [0.1, 0.15) is 11.6 Å². The number of hydrogen-bond acceptors (Lipinski definition) is 5. The lowest BCUT2D eigenvalue weighted by molar-refractivity contribution is -0.151. The Labute approximate surface area is 245 Å². The second kappa shape index (κ2) is 13.3. The molecule has 41 heavy (non-hydrogen) atoms. The van der Waals surface area contributed by atoms with E-state index < -0.39 is 29.1 Å². The molecule has 2 unspecified atom stereocenters. The number of hydrogen-bond donors (Lipinski definition) is 1. The van der Waals surface area contributed by atoms with E-state index in [1.165, 1.54) is 0 Å². The molecule has 1 aromatic rings. The number of unbranched alkanes of at least 4 members (excludes halogenated alkanes) is 4. The molecule has 1 aromatic carbocycles. The molecule has 224 valence electrons. The number of ether oxygens (including phenoxy) is 1. The van der Waals surface area contributed by atoms with Gasteiger partial charge in [-0.15, -0.1) is 13.2 Å². The summed E-state index contributed by atoms with van der Waals surface area (Å²) in [5.74, 6) is -1.88. The Kier molecular flexibility index (Phi) is 10.1. The predicted octanol–water partition coefficient (Wildman–Crippen LogP) is 4.34. The number of rotatable bonds is 16. The van der Waals surface area contributed by atoms with E-state index in [4.69, 9.17) is 4.74 Å². The molecule has 0 saturated carbocycles. The zero-order valence-electron chi connectivity index (χ0n) is 24.8. The van der Waals surface area contributed by atoms with Crippen LogP contribution in [0.4, 0.5) is 5.69 Å². The maximum Gasteiger partial charge on any atom is 0.248 e. The van der Waals surface area contributed by atoms with Crippen molar-refractivity contribution < 1.29 is 24.2 Å². The molecule has 1 spiro atoms. The van der Waals surface area contributed by atoms with E-state index >= 15 is 0 Å². The summed E-state index contributed by atoms with van der Waals surface area (Å²) in [4.78, 5) is 48.4. The Morgan fingerprint density at radius 1 is 1.05 bits per heavy atom. The van der Waals surface area contributed by atoms with Crippen molar-refractivity contribution in [2.24, 2.45) is 11.8 Å². The van der Waals surface area contributed by atoms with Crippen LogP contribution in [0.1, 0.15) is 65.2 Å². The van der Waals surface area contributed by atoms with Gasteiger partial charge in [0.15, 0.2) is 0 Å². The van der Waals surface area contributed by atoms with E-state index in [0.29, 0.717) is 45.4 Å². The molecular weight excluding hydrogens is 518 g/mol. The average Bonchev–Trinajstić information content (AvgIpc) is 3.54. The third-order valence-corrected chi connectivity index (χ3v) is 9.17. The number of carbonyl (C=O) groups excluding carboxylic acids is 3. The third-order valence-electron chi connectivity index (χ3n) is 9.17. The van der Waals surface area contributed by atoms with Crippen molar-refractivity contribution in [1.29, 1.82) is 0 Å². The van der Waals surface area contributed by atoms with Gasteiger partial charge in [-0.05, 0) is 51.2 Å². The van der Waals surface area contributed by atoms with Crippen LogP contribution in [0.15, 0.2) is 55.6 Å². The summed E-state index contributed by atoms with van der Waals surface area (Å²) in [5, 5.41) is 9.19. The summed E-state index contributed by atoms with van der Waals surface area (Å²) in [5.41, 5.74) is -1.14. The summed E-state index contributed by atoms with van der Waals surface area (Å²) < 4.78 is 6.84. The second-order valence-corrected chi connectivity index (χ2v) is 11.9. The van der Waals surface area contributed by atoms with Gasteiger partial charge in [0.05, 0.1) is 17.4 Å². The smallest absolute Gasteiger partial charge is 0.248 e. The largest absolute Gasteiger partial charge is 0.396 e. The Balaban J connectivity index is 1.72. The molecule has 0 radical (unpaired) electrons. The van der Waals surface area contributed by atoms with Crippen LogP contribution in [0.25, 0.3) is 0 Å². The standard InChI is InChI=1S/C33H47N3O5/c1-5-8-22-34(20-6-2)31(40)28-33-19-18-32(4,41-33)26(27(33)30(39)36(28)23-14-9-10-15-24-37)29(38)35(21-7-3)25-16-12-11-13-17-25/h6-7,11-13,16-17,26-28,37H,2-3,5,8-10,14-15,18-24H2,1,4H3/t26-,27+,28?,32+,33?/m1/s1. The van der Waals surface area contributed by atoms with Crippen LogP contribution in [-0.2, 0) is 19.1 Å². The monoisotopic (exact) mass is 565 g/mol. The van der Waals surface area contributed by atoms with E-state index in [1.807, 2.05) is 37.3 Å². The van der Waals surface area contributed by atoms with E-state index in [0.717, 1.165) is 37.8 Å². The molecular formula is C33H47N3O5. The molecule has 3 amide bonds. The predicted molar refractivity (Wildman–Crippen MR) is 160 cm³/mol. The van der Waals surface area contributed by atoms with Gasteiger partial charge in [-0.25, -0.2) is 0 Å². The molecule has 2 bridgehead atoms. The van der Waals surface area contributed by atoms with Crippen molar-refractivity contribution >= 4 is 23.4 Å². The SMILES string of the molecule is C=CCN(CCCC)C(=O)C1N(CCCCCCO)C(=O)[C@@H]2[C@H](C(=O)N(CC=C)c3ccccc3)[C@]3(C)CCC12O3. The zero-order chi connectivity index (χ0) is 29.6. The van der Waals surface area contributed by atoms with E-state index in [9.17, 15) is 19.5 Å². The summed E-state index contributed by atoms with van der Waals surface area (Å²) in [6, 6.07) is 8.67. The van der Waals surface area contributed by atoms with E-state index in [1.54, 1.807) is 26.9 Å². The van der Waals surface area contributed by atoms with Gasteiger partial charge in [-0.3, -0.25) is 14.4 Å². The van der Waals surface area contributed by atoms with Gasteiger partial charge >= 0.3 is 0 Å². The van der Waals surface area contributed by atoms with Gasteiger partial charge in [0.2, 0.25) is 17.7 Å². The number of amides is 3. The average molecular weight is 566 g/mol. The number of carbonyl (C=O) groups is 3. The fraction of sp³-hybridized carbons (Fsp3) is 0.606. The molecule has 1 N–H and O–H groups in total. The van der Waals surface area contributed by atoms with Crippen molar-refractivity contribution in [3.05, 3.63) is 55.6 Å². The number of fused-ring (bicyclic) bond motifs is 1. The van der Waals surface area contributed by atoms with Crippen molar-refractivity contribution in [1.82, 2.24) is 9.80 Å². The molecule has 0 aromatic heterocycles. The molecule has 8 nitrogen and oxygen atoms in total. The van der Waals surface area contributed by atoms with Crippen LogP contribution in [0.5, 0.6) is 0 Å². The molecule has 0 aliphatic carbocycles. The normalized spacial score (nSPS) is 28.0. The lowest BCUT2D eigenvalue weighted by Gasteiger charge is -2.37. The number of para-hydroxylation sites is 1. The van der Waals surface area contributed by atoms with Crippen LogP contribution >= 0.6 is 0 Å². The number of benzene rings is 1. The number of nitrogens with zero attached hydrogens (tertiary/aromatic N) is 3. The molecule has 3 aliphatic heterocycles. The summed E-state index contributed by atoms with van der Waals surface area (Å²) in [7, 11) is 0. The lowest BCUT2D eigenvalue weighted by atomic mass is 9.66. The van der Waals surface area contributed by atoms with Crippen molar-refractivity contribution in [3.63, 3.8) is 0 Å². The molecule has 3 fully saturated rings. The zero-order valence-corrected chi connectivity index (χ0v) is 24.8. The van der Waals surface area contributed by atoms with Gasteiger partial charge < -0.3 is 24.5 Å². The first-order valence-corrected chi connectivity index (χ1v) is 15.3. The third kappa shape index (κ3) is 5.73. The van der Waals surface area contributed by atoms with Gasteiger partial charge in [0.25, 0.3) is 0 Å². The first kappa shape index (κ1) is 31.0. The lowest BCUT2D eigenvalue weighted by Crippen LogP contribution is -2.56. The Morgan fingerprint density at radius 3 is 2.41 bits per heavy atom. The van der Waals surface area contributed by atoms with Crippen LogP contribution < -0.4 is 4.90 Å². The highest BCUT2D eigenvalue weighted by atomic mass is 16.5. The molecule has 4 rings (SSSR count). The molecule has 3 aliphatic rings. The highest BCUT2D eigenvalue weighted by molar-refractivity contribution is 6.03. The minimum absolute atomic E-state index is 0.118. The molecule has 8 heteroatoms. The Bertz CT molecular complexity index is 1110. The number of anilines is 1. The first-order chi connectivity index (χ1) is 19.8. The molecule has 5 atom stereocenters. The number of likely N-dealkylation sites (tertiary alicyclic amines) is 1. The maximum atomic E-state index is 14.4. The fourth-order valence-electron chi connectivity index (χ4n) is 7.27. The molecule has 3 saturated heterocycles. The van der Waals surface area contributed by atoms with Crippen molar-refractivity contribution in [2.45, 2.75) is 82.5 Å². The first-order valence-electron chi connectivity index (χ1n) is 15.3. The van der Waals surface area contributed by atoms with Crippen molar-refractivity contribution in [3.8, 4) is 0 Å². The quantitative estimate of drug-likeness (QED) is 0.238. The van der Waals surface area contributed by atoms with Gasteiger partial charge in [-0.2, -0.15) is 0 Å².